The molecule has 0 bridgehead atoms. The van der Waals surface area contributed by atoms with Gasteiger partial charge in [0.25, 0.3) is 0 Å². The molecule has 0 amide bonds. The molecule has 45 heavy (non-hydrogen) atoms. The summed E-state index contributed by atoms with van der Waals surface area (Å²) in [6, 6.07) is 14.9. The van der Waals surface area contributed by atoms with Crippen molar-refractivity contribution >= 4 is 38.3 Å². The first kappa shape index (κ1) is 39.0. The molecule has 6 nitrogen and oxygen atoms in total. The van der Waals surface area contributed by atoms with Crippen LogP contribution in [-0.4, -0.2) is 45.4 Å². The standard InChI is InChI=1S/2C12H24O2.2C7H7O.Sn/c2*1-2-3-4-5-6-7-8-9-10-11-12(13)14;2*1-8-7-5-3-2-4-6-7;/h2*2-11H2,1H3,(H,13,14);2*2-5H,1H3;/q;;;;+2/p-2. The summed E-state index contributed by atoms with van der Waals surface area (Å²) >= 11 is -5.01. The van der Waals surface area contributed by atoms with Gasteiger partial charge in [-0.3, -0.25) is 0 Å². The molecule has 0 fully saturated rings. The van der Waals surface area contributed by atoms with E-state index in [1.54, 1.807) is 14.2 Å². The Morgan fingerprint density at radius 1 is 0.489 bits per heavy atom. The van der Waals surface area contributed by atoms with Crippen LogP contribution in [0.3, 0.4) is 0 Å². The Bertz CT molecular complexity index is 1000. The average Bonchev–Trinajstić information content (AvgIpc) is 3.06. The number of hydrogen-bond acceptors (Lipinski definition) is 6. The molecule has 0 aliphatic rings. The van der Waals surface area contributed by atoms with Crippen molar-refractivity contribution in [1.29, 1.82) is 0 Å². The van der Waals surface area contributed by atoms with Crippen LogP contribution in [0.5, 0.6) is 11.5 Å². The Labute approximate surface area is 278 Å². The van der Waals surface area contributed by atoms with Crippen LogP contribution in [0.15, 0.2) is 48.5 Å². The number of ether oxygens (including phenoxy) is 2. The van der Waals surface area contributed by atoms with Gasteiger partial charge in [0.05, 0.1) is 0 Å². The van der Waals surface area contributed by atoms with Crippen molar-refractivity contribution in [2.75, 3.05) is 14.2 Å². The number of rotatable bonds is 26. The molecule has 0 saturated heterocycles. The summed E-state index contributed by atoms with van der Waals surface area (Å²) < 4.78 is 25.8. The van der Waals surface area contributed by atoms with Crippen LogP contribution < -0.4 is 16.6 Å². The van der Waals surface area contributed by atoms with Gasteiger partial charge in [-0.2, -0.15) is 0 Å². The van der Waals surface area contributed by atoms with E-state index in [-0.39, 0.29) is 24.8 Å². The van der Waals surface area contributed by atoms with Gasteiger partial charge in [-0.15, -0.1) is 0 Å². The van der Waals surface area contributed by atoms with E-state index in [4.69, 9.17) is 15.6 Å². The zero-order valence-corrected chi connectivity index (χ0v) is 31.6. The molecule has 0 aliphatic carbocycles. The number of hydrogen-bond donors (Lipinski definition) is 0. The molecule has 252 valence electrons. The van der Waals surface area contributed by atoms with E-state index < -0.39 is 19.2 Å². The molecule has 2 rings (SSSR count). The number of unbranched alkanes of at least 4 members (excludes halogenated alkanes) is 16. The van der Waals surface area contributed by atoms with Crippen molar-refractivity contribution < 1.29 is 25.2 Å². The second-order valence-electron chi connectivity index (χ2n) is 12.1. The molecule has 7 heteroatoms. The van der Waals surface area contributed by atoms with Gasteiger partial charge in [-0.1, -0.05) is 13.8 Å². The number of benzene rings is 2. The van der Waals surface area contributed by atoms with E-state index in [1.165, 1.54) is 77.0 Å². The van der Waals surface area contributed by atoms with Gasteiger partial charge in [0.1, 0.15) is 0 Å². The summed E-state index contributed by atoms with van der Waals surface area (Å²) in [7, 11) is 3.18. The fourth-order valence-electron chi connectivity index (χ4n) is 5.80. The molecular weight excluding hydrogens is 671 g/mol. The molecule has 0 saturated carbocycles. The monoisotopic (exact) mass is 732 g/mol. The van der Waals surface area contributed by atoms with Crippen LogP contribution in [0.25, 0.3) is 0 Å². The normalized spacial score (nSPS) is 11.3. The van der Waals surface area contributed by atoms with E-state index in [0.717, 1.165) is 38.5 Å². The van der Waals surface area contributed by atoms with Crippen LogP contribution in [0.2, 0.25) is 0 Å². The molecule has 0 heterocycles. The Balaban J connectivity index is 2.18. The first-order valence-corrected chi connectivity index (χ1v) is 22.9. The summed E-state index contributed by atoms with van der Waals surface area (Å²) in [6.07, 6.45) is 21.5. The summed E-state index contributed by atoms with van der Waals surface area (Å²) in [6.45, 7) is 4.47. The number of methoxy groups -OCH3 is 2. The van der Waals surface area contributed by atoms with Crippen molar-refractivity contribution in [2.45, 2.75) is 142 Å². The molecule has 0 atom stereocenters. The third kappa shape index (κ3) is 14.4. The summed E-state index contributed by atoms with van der Waals surface area (Å²) in [5.74, 6) is 0.430. The van der Waals surface area contributed by atoms with Crippen LogP contribution >= 0.6 is 0 Å². The van der Waals surface area contributed by atoms with Crippen molar-refractivity contribution in [2.24, 2.45) is 0 Å². The zero-order valence-electron chi connectivity index (χ0n) is 28.7. The predicted molar refractivity (Wildman–Crippen MR) is 187 cm³/mol. The van der Waals surface area contributed by atoms with Crippen LogP contribution in [-0.2, 0) is 15.7 Å². The van der Waals surface area contributed by atoms with Crippen molar-refractivity contribution in [3.05, 3.63) is 48.5 Å². The van der Waals surface area contributed by atoms with Crippen LogP contribution in [0.4, 0.5) is 0 Å². The quantitative estimate of drug-likeness (QED) is 0.0710. The van der Waals surface area contributed by atoms with Crippen LogP contribution in [0.1, 0.15) is 142 Å². The van der Waals surface area contributed by atoms with E-state index >= 15 is 0 Å². The molecule has 0 aromatic heterocycles. The Hall–Kier alpha value is -2.22. The van der Waals surface area contributed by atoms with Gasteiger partial charge in [0.15, 0.2) is 0 Å². The first-order valence-electron chi connectivity index (χ1n) is 17.7. The van der Waals surface area contributed by atoms with E-state index in [1.807, 2.05) is 48.5 Å². The molecule has 0 radical (unpaired) electrons. The summed E-state index contributed by atoms with van der Waals surface area (Å²) in [5.41, 5.74) is 0. The van der Waals surface area contributed by atoms with Gasteiger partial charge in [-0.25, -0.2) is 0 Å². The van der Waals surface area contributed by atoms with E-state index in [0.29, 0.717) is 18.7 Å². The van der Waals surface area contributed by atoms with Gasteiger partial charge in [-0.05, 0) is 0 Å². The third-order valence-electron chi connectivity index (χ3n) is 8.41. The Kier molecular flexibility index (Phi) is 20.8. The second kappa shape index (κ2) is 24.0. The molecule has 0 aliphatic heterocycles. The summed E-state index contributed by atoms with van der Waals surface area (Å²) in [5, 5.41) is 0. The summed E-state index contributed by atoms with van der Waals surface area (Å²) in [4.78, 5) is 27.2. The fourth-order valence-corrected chi connectivity index (χ4v) is 15.1. The molecule has 0 N–H and O–H groups in total. The van der Waals surface area contributed by atoms with Gasteiger partial charge >= 0.3 is 266 Å². The minimum atomic E-state index is -5.01. The Morgan fingerprint density at radius 2 is 0.800 bits per heavy atom. The minimum absolute atomic E-state index is 0.286. The topological polar surface area (TPSA) is 71.1 Å². The number of carbonyl (C=O) groups excluding carboxylic acids is 2. The van der Waals surface area contributed by atoms with Gasteiger partial charge in [0.2, 0.25) is 0 Å². The van der Waals surface area contributed by atoms with Crippen molar-refractivity contribution in [3.8, 4) is 11.5 Å². The van der Waals surface area contributed by atoms with Gasteiger partial charge < -0.3 is 0 Å². The van der Waals surface area contributed by atoms with Crippen molar-refractivity contribution in [1.82, 2.24) is 0 Å². The fraction of sp³-hybridized carbons (Fsp3) is 0.632. The molecule has 0 spiro atoms. The Morgan fingerprint density at radius 3 is 1.13 bits per heavy atom. The molecule has 0 unspecified atom stereocenters. The molecule has 2 aromatic rings. The van der Waals surface area contributed by atoms with Crippen molar-refractivity contribution in [3.63, 3.8) is 0 Å². The number of carbonyl (C=O) groups is 2. The third-order valence-corrected chi connectivity index (χ3v) is 17.8. The zero-order chi connectivity index (χ0) is 32.6. The maximum absolute atomic E-state index is 13.6. The first-order chi connectivity index (χ1) is 22.0. The maximum atomic E-state index is 13.6. The number of para-hydroxylation sites is 2. The van der Waals surface area contributed by atoms with Gasteiger partial charge in [0, 0.05) is 0 Å². The second-order valence-corrected chi connectivity index (χ2v) is 19.9. The SMILES string of the molecule is CCCCCCCCCCCC(=O)[O][Sn]([O]C(=O)CCCCCCCCCCC)([c]1ccccc1OC)[c]1ccccc1OC. The van der Waals surface area contributed by atoms with E-state index in [9.17, 15) is 9.59 Å². The van der Waals surface area contributed by atoms with E-state index in [2.05, 4.69) is 13.8 Å². The van der Waals surface area contributed by atoms with Crippen LogP contribution in [0, 0.1) is 0 Å². The predicted octanol–water partition coefficient (Wildman–Crippen LogP) is 9.19. The average molecular weight is 732 g/mol. The molecule has 2 aromatic carbocycles. The molecular formula is C38H60O6Sn.